The molecule has 0 spiro atoms. The predicted molar refractivity (Wildman–Crippen MR) is 97.5 cm³/mol. The van der Waals surface area contributed by atoms with E-state index in [4.69, 9.17) is 4.74 Å². The van der Waals surface area contributed by atoms with Crippen LogP contribution in [0.25, 0.3) is 0 Å². The van der Waals surface area contributed by atoms with Crippen LogP contribution in [-0.4, -0.2) is 17.5 Å². The minimum atomic E-state index is -0.0401. The number of hydrogen-bond donors (Lipinski definition) is 0. The molecule has 24 heavy (non-hydrogen) atoms. The number of benzene rings is 2. The SMILES string of the molecule is C[C@H](c1ccc(C(=O)c2ccccc2)cc1)[C@H]1OC(C)(C)C[C@@H]1C. The highest BCUT2D eigenvalue weighted by atomic mass is 16.5. The summed E-state index contributed by atoms with van der Waals surface area (Å²) in [5.74, 6) is 0.935. The Kier molecular flexibility index (Phi) is 4.60. The van der Waals surface area contributed by atoms with Crippen molar-refractivity contribution in [2.24, 2.45) is 5.92 Å². The lowest BCUT2D eigenvalue weighted by Crippen LogP contribution is -2.24. The molecule has 2 nitrogen and oxygen atoms in total. The maximum Gasteiger partial charge on any atom is 0.193 e. The molecule has 3 atom stereocenters. The second-order valence-electron chi connectivity index (χ2n) is 7.63. The Labute approximate surface area is 144 Å². The van der Waals surface area contributed by atoms with Crippen molar-refractivity contribution in [1.29, 1.82) is 0 Å². The average molecular weight is 322 g/mol. The molecule has 0 aromatic heterocycles. The second kappa shape index (κ2) is 6.52. The first-order valence-corrected chi connectivity index (χ1v) is 8.75. The van der Waals surface area contributed by atoms with Crippen LogP contribution >= 0.6 is 0 Å². The van der Waals surface area contributed by atoms with Crippen LogP contribution in [-0.2, 0) is 4.74 Å². The van der Waals surface area contributed by atoms with Gasteiger partial charge in [0.05, 0.1) is 11.7 Å². The zero-order chi connectivity index (χ0) is 17.3. The molecule has 2 heteroatoms. The van der Waals surface area contributed by atoms with Gasteiger partial charge in [-0.25, -0.2) is 0 Å². The Hall–Kier alpha value is -1.93. The first-order chi connectivity index (χ1) is 11.4. The standard InChI is InChI=1S/C22H26O2/c1-15-14-22(3,4)24-21(15)16(2)17-10-12-19(13-11-17)20(23)18-8-6-5-7-9-18/h5-13,15-16,21H,14H2,1-4H3/t15-,16+,21-/m0/s1. The fourth-order valence-corrected chi connectivity index (χ4v) is 3.90. The number of hydrogen-bond acceptors (Lipinski definition) is 2. The van der Waals surface area contributed by atoms with E-state index in [0.717, 1.165) is 17.5 Å². The Morgan fingerprint density at radius 1 is 1.04 bits per heavy atom. The Bertz CT molecular complexity index is 701. The third-order valence-corrected chi connectivity index (χ3v) is 5.06. The van der Waals surface area contributed by atoms with E-state index in [1.165, 1.54) is 5.56 Å². The van der Waals surface area contributed by atoms with Gasteiger partial charge < -0.3 is 4.74 Å². The maximum atomic E-state index is 12.5. The molecule has 0 radical (unpaired) electrons. The van der Waals surface area contributed by atoms with Crippen LogP contribution < -0.4 is 0 Å². The second-order valence-corrected chi connectivity index (χ2v) is 7.63. The third-order valence-electron chi connectivity index (χ3n) is 5.06. The molecule has 1 fully saturated rings. The van der Waals surface area contributed by atoms with E-state index in [1.807, 2.05) is 42.5 Å². The first-order valence-electron chi connectivity index (χ1n) is 8.75. The highest BCUT2D eigenvalue weighted by Gasteiger charge is 2.40. The van der Waals surface area contributed by atoms with Gasteiger partial charge in [0.2, 0.25) is 0 Å². The number of carbonyl (C=O) groups is 1. The fraction of sp³-hybridized carbons (Fsp3) is 0.409. The quantitative estimate of drug-likeness (QED) is 0.721. The van der Waals surface area contributed by atoms with Crippen molar-refractivity contribution < 1.29 is 9.53 Å². The fourth-order valence-electron chi connectivity index (χ4n) is 3.90. The Morgan fingerprint density at radius 3 is 2.17 bits per heavy atom. The van der Waals surface area contributed by atoms with E-state index in [0.29, 0.717) is 11.8 Å². The zero-order valence-corrected chi connectivity index (χ0v) is 15.0. The van der Waals surface area contributed by atoms with Crippen molar-refractivity contribution in [2.45, 2.75) is 51.7 Å². The van der Waals surface area contributed by atoms with Gasteiger partial charge in [-0.15, -0.1) is 0 Å². The first kappa shape index (κ1) is 16.9. The number of carbonyl (C=O) groups excluding carboxylic acids is 1. The summed E-state index contributed by atoms with van der Waals surface area (Å²) in [6.07, 6.45) is 1.32. The van der Waals surface area contributed by atoms with Crippen LogP contribution in [0.15, 0.2) is 54.6 Å². The molecule has 0 saturated carbocycles. The van der Waals surface area contributed by atoms with Crippen molar-refractivity contribution in [1.82, 2.24) is 0 Å². The lowest BCUT2D eigenvalue weighted by atomic mass is 9.86. The molecular formula is C22H26O2. The zero-order valence-electron chi connectivity index (χ0n) is 15.0. The molecule has 0 bridgehead atoms. The molecule has 0 aliphatic carbocycles. The van der Waals surface area contributed by atoms with Crippen LogP contribution in [0.4, 0.5) is 0 Å². The van der Waals surface area contributed by atoms with Gasteiger partial charge in [-0.2, -0.15) is 0 Å². The van der Waals surface area contributed by atoms with E-state index in [9.17, 15) is 4.79 Å². The largest absolute Gasteiger partial charge is 0.371 e. The number of ether oxygens (including phenoxy) is 1. The van der Waals surface area contributed by atoms with Crippen LogP contribution in [0, 0.1) is 5.92 Å². The summed E-state index contributed by atoms with van der Waals surface area (Å²) in [5.41, 5.74) is 2.65. The summed E-state index contributed by atoms with van der Waals surface area (Å²) in [4.78, 5) is 12.5. The van der Waals surface area contributed by atoms with Crippen LogP contribution in [0.2, 0.25) is 0 Å². The summed E-state index contributed by atoms with van der Waals surface area (Å²) in [5, 5.41) is 0. The van der Waals surface area contributed by atoms with E-state index < -0.39 is 0 Å². The molecule has 126 valence electrons. The molecule has 1 aliphatic rings. The van der Waals surface area contributed by atoms with Gasteiger partial charge in [-0.3, -0.25) is 4.79 Å². The minimum Gasteiger partial charge on any atom is -0.371 e. The van der Waals surface area contributed by atoms with Crippen molar-refractivity contribution in [3.05, 3.63) is 71.3 Å². The van der Waals surface area contributed by atoms with Gasteiger partial charge in [0, 0.05) is 17.0 Å². The summed E-state index contributed by atoms with van der Waals surface area (Å²) < 4.78 is 6.26. The van der Waals surface area contributed by atoms with E-state index >= 15 is 0 Å². The maximum absolute atomic E-state index is 12.5. The van der Waals surface area contributed by atoms with E-state index in [2.05, 4.69) is 39.8 Å². The molecule has 0 N–H and O–H groups in total. The van der Waals surface area contributed by atoms with E-state index in [1.54, 1.807) is 0 Å². The van der Waals surface area contributed by atoms with Crippen molar-refractivity contribution in [2.75, 3.05) is 0 Å². The molecule has 1 aliphatic heterocycles. The highest BCUT2D eigenvalue weighted by molar-refractivity contribution is 6.08. The van der Waals surface area contributed by atoms with Gasteiger partial charge >= 0.3 is 0 Å². The van der Waals surface area contributed by atoms with E-state index in [-0.39, 0.29) is 17.5 Å². The summed E-state index contributed by atoms with van der Waals surface area (Å²) in [7, 11) is 0. The Balaban J connectivity index is 1.76. The monoisotopic (exact) mass is 322 g/mol. The molecule has 2 aromatic rings. The van der Waals surface area contributed by atoms with Crippen LogP contribution in [0.3, 0.4) is 0 Å². The van der Waals surface area contributed by atoms with Gasteiger partial charge in [-0.1, -0.05) is 68.4 Å². The lowest BCUT2D eigenvalue weighted by Gasteiger charge is -2.25. The van der Waals surface area contributed by atoms with Gasteiger partial charge in [0.1, 0.15) is 0 Å². The van der Waals surface area contributed by atoms with Gasteiger partial charge in [-0.05, 0) is 31.7 Å². The number of rotatable bonds is 4. The molecule has 1 heterocycles. The van der Waals surface area contributed by atoms with Gasteiger partial charge in [0.25, 0.3) is 0 Å². The predicted octanol–water partition coefficient (Wildman–Crippen LogP) is 5.22. The van der Waals surface area contributed by atoms with Crippen LogP contribution in [0.1, 0.15) is 61.5 Å². The van der Waals surface area contributed by atoms with Crippen molar-refractivity contribution in [3.8, 4) is 0 Å². The lowest BCUT2D eigenvalue weighted by molar-refractivity contribution is -0.0296. The summed E-state index contributed by atoms with van der Waals surface area (Å²) in [6, 6.07) is 17.4. The molecule has 2 aromatic carbocycles. The molecule has 0 amide bonds. The Morgan fingerprint density at radius 2 is 1.62 bits per heavy atom. The molecule has 0 unspecified atom stereocenters. The minimum absolute atomic E-state index is 0.0401. The topological polar surface area (TPSA) is 26.3 Å². The normalized spacial score (nSPS) is 23.8. The summed E-state index contributed by atoms with van der Waals surface area (Å²) >= 11 is 0. The number of ketones is 1. The van der Waals surface area contributed by atoms with Crippen molar-refractivity contribution >= 4 is 5.78 Å². The third kappa shape index (κ3) is 3.44. The smallest absolute Gasteiger partial charge is 0.193 e. The molecular weight excluding hydrogens is 296 g/mol. The van der Waals surface area contributed by atoms with Crippen LogP contribution in [0.5, 0.6) is 0 Å². The average Bonchev–Trinajstić information content (AvgIpc) is 2.87. The highest BCUT2D eigenvalue weighted by Crippen LogP contribution is 2.40. The van der Waals surface area contributed by atoms with Gasteiger partial charge in [0.15, 0.2) is 5.78 Å². The molecule has 1 saturated heterocycles. The molecule has 3 rings (SSSR count). The summed E-state index contributed by atoms with van der Waals surface area (Å²) in [6.45, 7) is 8.81. The van der Waals surface area contributed by atoms with Crippen molar-refractivity contribution in [3.63, 3.8) is 0 Å².